The van der Waals surface area contributed by atoms with Crippen LogP contribution in [0.3, 0.4) is 0 Å². The number of hydrogen-bond acceptors (Lipinski definition) is 2. The van der Waals surface area contributed by atoms with Gasteiger partial charge in [0.2, 0.25) is 0 Å². The maximum atomic E-state index is 4.33. The van der Waals surface area contributed by atoms with E-state index >= 15 is 0 Å². The molecule has 0 saturated carbocycles. The molecule has 0 aliphatic heterocycles. The molecule has 1 aromatic carbocycles. The third-order valence-electron chi connectivity index (χ3n) is 2.29. The summed E-state index contributed by atoms with van der Waals surface area (Å²) in [7, 11) is 0. The number of pyridine rings is 2. The zero-order chi connectivity index (χ0) is 9.38. The van der Waals surface area contributed by atoms with Crippen LogP contribution in [0, 0.1) is 6.20 Å². The molecule has 0 saturated heterocycles. The molecule has 0 N–H and O–H groups in total. The van der Waals surface area contributed by atoms with E-state index in [1.807, 2.05) is 24.3 Å². The van der Waals surface area contributed by atoms with E-state index in [1.54, 1.807) is 6.20 Å². The van der Waals surface area contributed by atoms with Crippen molar-refractivity contribution in [2.24, 2.45) is 0 Å². The smallest absolute Gasteiger partial charge is 0.384 e. The molecule has 0 atom stereocenters. The molecule has 0 unspecified atom stereocenters. The first-order valence-corrected chi connectivity index (χ1v) is 4.46. The van der Waals surface area contributed by atoms with E-state index in [9.17, 15) is 0 Å². The predicted octanol–water partition coefficient (Wildman–Crippen LogP) is 2.58. The van der Waals surface area contributed by atoms with Crippen LogP contribution in [0.4, 0.5) is 0 Å². The molecule has 0 spiro atoms. The molecular formula is C12H7FeN2+. The van der Waals surface area contributed by atoms with Gasteiger partial charge in [-0.25, -0.2) is 0 Å². The van der Waals surface area contributed by atoms with Crippen LogP contribution in [0.5, 0.6) is 0 Å². The molecule has 0 aliphatic rings. The zero-order valence-corrected chi connectivity index (χ0v) is 8.89. The first-order chi connectivity index (χ1) is 6.95. The number of benzene rings is 1. The molecule has 0 radical (unpaired) electrons. The second kappa shape index (κ2) is 3.97. The molecule has 2 nitrogen and oxygen atoms in total. The zero-order valence-electron chi connectivity index (χ0n) is 7.79. The van der Waals surface area contributed by atoms with Gasteiger partial charge in [-0.15, -0.1) is 5.39 Å². The van der Waals surface area contributed by atoms with Crippen molar-refractivity contribution in [3.05, 3.63) is 48.8 Å². The number of hydrogen-bond donors (Lipinski definition) is 0. The van der Waals surface area contributed by atoms with E-state index in [-0.39, 0.29) is 17.1 Å². The molecule has 3 aromatic rings. The van der Waals surface area contributed by atoms with Gasteiger partial charge in [-0.3, -0.25) is 4.98 Å². The van der Waals surface area contributed by atoms with Gasteiger partial charge in [0, 0.05) is 11.7 Å². The Hall–Kier alpha value is -1.44. The molecule has 15 heavy (non-hydrogen) atoms. The van der Waals surface area contributed by atoms with E-state index in [2.05, 4.69) is 28.3 Å². The van der Waals surface area contributed by atoms with Crippen LogP contribution in [-0.2, 0) is 17.1 Å². The summed E-state index contributed by atoms with van der Waals surface area (Å²) in [5.41, 5.74) is 1.87. The summed E-state index contributed by atoms with van der Waals surface area (Å²) >= 11 is 0. The number of aromatic nitrogens is 2. The van der Waals surface area contributed by atoms with E-state index in [4.69, 9.17) is 0 Å². The summed E-state index contributed by atoms with van der Waals surface area (Å²) in [5.74, 6) is 0. The Labute approximate surface area is 97.8 Å². The standard InChI is InChI=1S/C12H7N2.Fe/c1-3-9-5-6-10-4-2-8-14-12(10)11(9)13-7-1;/h1-7H;/q-1;+2. The SMILES string of the molecule is [Fe+2].[c-]1ccc2ccc3cccnc3c2n1. The topological polar surface area (TPSA) is 25.8 Å². The molecule has 0 fully saturated rings. The Balaban J connectivity index is 0.000000853. The largest absolute Gasteiger partial charge is 2.00 e. The van der Waals surface area contributed by atoms with Gasteiger partial charge in [-0.2, -0.15) is 12.1 Å². The van der Waals surface area contributed by atoms with Crippen molar-refractivity contribution in [3.8, 4) is 0 Å². The maximum absolute atomic E-state index is 4.33. The minimum Gasteiger partial charge on any atom is -0.384 e. The van der Waals surface area contributed by atoms with Gasteiger partial charge in [0.05, 0.1) is 0 Å². The Morgan fingerprint density at radius 3 is 2.60 bits per heavy atom. The van der Waals surface area contributed by atoms with Gasteiger partial charge < -0.3 is 4.98 Å². The third-order valence-corrected chi connectivity index (χ3v) is 2.29. The molecule has 3 rings (SSSR count). The van der Waals surface area contributed by atoms with Crippen molar-refractivity contribution in [2.45, 2.75) is 0 Å². The quantitative estimate of drug-likeness (QED) is 0.340. The van der Waals surface area contributed by atoms with Gasteiger partial charge >= 0.3 is 17.1 Å². The fraction of sp³-hybridized carbons (Fsp3) is 0. The van der Waals surface area contributed by atoms with Crippen LogP contribution in [0.25, 0.3) is 21.8 Å². The van der Waals surface area contributed by atoms with Gasteiger partial charge in [0.1, 0.15) is 0 Å². The average molecular weight is 235 g/mol. The molecule has 0 amide bonds. The Morgan fingerprint density at radius 2 is 1.73 bits per heavy atom. The Kier molecular flexibility index (Phi) is 2.67. The first-order valence-electron chi connectivity index (χ1n) is 4.46. The van der Waals surface area contributed by atoms with Crippen molar-refractivity contribution in [1.82, 2.24) is 9.97 Å². The molecule has 3 heteroatoms. The number of fused-ring (bicyclic) bond motifs is 3. The second-order valence-electron chi connectivity index (χ2n) is 3.15. The summed E-state index contributed by atoms with van der Waals surface area (Å²) in [6.45, 7) is 0. The predicted molar refractivity (Wildman–Crippen MR) is 55.9 cm³/mol. The van der Waals surface area contributed by atoms with Crippen LogP contribution in [0.1, 0.15) is 0 Å². The average Bonchev–Trinajstić information content (AvgIpc) is 2.29. The summed E-state index contributed by atoms with van der Waals surface area (Å²) < 4.78 is 0. The molecular weight excluding hydrogens is 228 g/mol. The molecule has 0 aliphatic carbocycles. The Morgan fingerprint density at radius 1 is 0.933 bits per heavy atom. The van der Waals surface area contributed by atoms with Crippen molar-refractivity contribution in [3.63, 3.8) is 0 Å². The van der Waals surface area contributed by atoms with Gasteiger partial charge in [-0.05, 0) is 17.0 Å². The maximum Gasteiger partial charge on any atom is 2.00 e. The van der Waals surface area contributed by atoms with Crippen molar-refractivity contribution in [1.29, 1.82) is 0 Å². The minimum absolute atomic E-state index is 0. The molecule has 2 aromatic heterocycles. The van der Waals surface area contributed by atoms with Crippen LogP contribution in [-0.4, -0.2) is 9.97 Å². The van der Waals surface area contributed by atoms with Crippen LogP contribution in [0.2, 0.25) is 0 Å². The van der Waals surface area contributed by atoms with E-state index < -0.39 is 0 Å². The number of rotatable bonds is 0. The van der Waals surface area contributed by atoms with Crippen molar-refractivity contribution >= 4 is 21.8 Å². The molecule has 0 bridgehead atoms. The first kappa shape index (κ1) is 10.1. The third kappa shape index (κ3) is 1.60. The molecule has 2 heterocycles. The van der Waals surface area contributed by atoms with Crippen molar-refractivity contribution in [2.75, 3.05) is 0 Å². The van der Waals surface area contributed by atoms with Crippen LogP contribution in [0.15, 0.2) is 42.6 Å². The summed E-state index contributed by atoms with van der Waals surface area (Å²) in [4.78, 5) is 8.55. The van der Waals surface area contributed by atoms with Crippen LogP contribution < -0.4 is 0 Å². The molecule has 72 valence electrons. The van der Waals surface area contributed by atoms with Gasteiger partial charge in [-0.1, -0.05) is 24.4 Å². The summed E-state index contributed by atoms with van der Waals surface area (Å²) in [5, 5.41) is 2.22. The van der Waals surface area contributed by atoms with E-state index in [0.717, 1.165) is 21.8 Å². The van der Waals surface area contributed by atoms with E-state index in [0.29, 0.717) is 0 Å². The Bertz CT molecular complexity index is 553. The fourth-order valence-corrected chi connectivity index (χ4v) is 1.63. The van der Waals surface area contributed by atoms with E-state index in [1.165, 1.54) is 0 Å². The van der Waals surface area contributed by atoms with Crippen LogP contribution >= 0.6 is 0 Å². The normalized spacial score (nSPS) is 10.1. The minimum atomic E-state index is 0. The van der Waals surface area contributed by atoms with Crippen molar-refractivity contribution < 1.29 is 17.1 Å². The fourth-order valence-electron chi connectivity index (χ4n) is 1.63. The number of nitrogens with zero attached hydrogens (tertiary/aromatic N) is 2. The summed E-state index contributed by atoms with van der Waals surface area (Å²) in [6.07, 6.45) is 4.63. The van der Waals surface area contributed by atoms with Gasteiger partial charge in [0.15, 0.2) is 0 Å². The summed E-state index contributed by atoms with van der Waals surface area (Å²) in [6, 6.07) is 11.9. The monoisotopic (exact) mass is 235 g/mol. The van der Waals surface area contributed by atoms with Gasteiger partial charge in [0.25, 0.3) is 0 Å². The second-order valence-corrected chi connectivity index (χ2v) is 3.15.